The van der Waals surface area contributed by atoms with Crippen molar-refractivity contribution < 1.29 is 0 Å². The van der Waals surface area contributed by atoms with Gasteiger partial charge in [0.05, 0.1) is 0 Å². The highest BCUT2D eigenvalue weighted by molar-refractivity contribution is 9.10. The second kappa shape index (κ2) is 5.66. The molecule has 0 saturated heterocycles. The van der Waals surface area contributed by atoms with Crippen molar-refractivity contribution in [3.05, 3.63) is 63.9 Å². The third-order valence-electron chi connectivity index (χ3n) is 4.15. The maximum absolute atomic E-state index is 6.81. The summed E-state index contributed by atoms with van der Waals surface area (Å²) in [7, 11) is 0. The van der Waals surface area contributed by atoms with Crippen molar-refractivity contribution in [3.8, 4) is 0 Å². The highest BCUT2D eigenvalue weighted by Crippen LogP contribution is 2.35. The highest BCUT2D eigenvalue weighted by Gasteiger charge is 2.31. The van der Waals surface area contributed by atoms with Crippen molar-refractivity contribution in [1.82, 2.24) is 4.98 Å². The summed E-state index contributed by atoms with van der Waals surface area (Å²) in [6, 6.07) is 10.8. The van der Waals surface area contributed by atoms with Crippen LogP contribution in [-0.4, -0.2) is 4.98 Å². The monoisotopic (exact) mass is 330 g/mol. The van der Waals surface area contributed by atoms with Gasteiger partial charge in [-0.2, -0.15) is 0 Å². The van der Waals surface area contributed by atoms with E-state index >= 15 is 0 Å². The molecule has 0 aliphatic heterocycles. The van der Waals surface area contributed by atoms with Crippen LogP contribution in [0.4, 0.5) is 0 Å². The molecule has 3 rings (SSSR count). The summed E-state index contributed by atoms with van der Waals surface area (Å²) in [6.07, 6.45) is 9.18. The average Bonchev–Trinajstić information content (AvgIpc) is 2.59. The fraction of sp³-hybridized carbons (Fsp3) is 0.353. The first-order chi connectivity index (χ1) is 9.67. The number of benzene rings is 1. The Morgan fingerprint density at radius 2 is 2.05 bits per heavy atom. The van der Waals surface area contributed by atoms with E-state index in [-0.39, 0.29) is 5.54 Å². The maximum Gasteiger partial charge on any atom is 0.0453 e. The van der Waals surface area contributed by atoms with Gasteiger partial charge in [0.2, 0.25) is 0 Å². The molecule has 1 aromatic heterocycles. The van der Waals surface area contributed by atoms with Crippen LogP contribution in [-0.2, 0) is 18.4 Å². The third-order valence-corrected chi connectivity index (χ3v) is 4.59. The molecule has 1 atom stereocenters. The van der Waals surface area contributed by atoms with Crippen LogP contribution in [0.5, 0.6) is 0 Å². The molecule has 0 saturated carbocycles. The lowest BCUT2D eigenvalue weighted by Crippen LogP contribution is -2.39. The van der Waals surface area contributed by atoms with Gasteiger partial charge in [0.1, 0.15) is 0 Å². The fourth-order valence-corrected chi connectivity index (χ4v) is 3.63. The van der Waals surface area contributed by atoms with E-state index in [9.17, 15) is 0 Å². The smallest absolute Gasteiger partial charge is 0.0453 e. The van der Waals surface area contributed by atoms with E-state index in [1.54, 1.807) is 0 Å². The zero-order valence-corrected chi connectivity index (χ0v) is 13.1. The molecule has 2 nitrogen and oxygen atoms in total. The number of fused-ring (bicyclic) bond motifs is 1. The number of nitrogens with zero attached hydrogens (tertiary/aromatic N) is 1. The van der Waals surface area contributed by atoms with E-state index in [1.165, 1.54) is 29.5 Å². The van der Waals surface area contributed by atoms with Crippen molar-refractivity contribution in [3.63, 3.8) is 0 Å². The number of aromatic nitrogens is 1. The van der Waals surface area contributed by atoms with Gasteiger partial charge in [0.25, 0.3) is 0 Å². The van der Waals surface area contributed by atoms with Gasteiger partial charge in [-0.25, -0.2) is 0 Å². The number of aryl methyl sites for hydroxylation is 1. The Bertz CT molecular complexity index is 611. The van der Waals surface area contributed by atoms with E-state index in [0.29, 0.717) is 0 Å². The lowest BCUT2D eigenvalue weighted by Gasteiger charge is -2.30. The van der Waals surface area contributed by atoms with Crippen LogP contribution in [0, 0.1) is 0 Å². The first-order valence-corrected chi connectivity index (χ1v) is 7.93. The van der Waals surface area contributed by atoms with Crippen molar-refractivity contribution in [2.75, 3.05) is 0 Å². The van der Waals surface area contributed by atoms with E-state index < -0.39 is 0 Å². The van der Waals surface area contributed by atoms with Gasteiger partial charge in [-0.15, -0.1) is 0 Å². The average molecular weight is 331 g/mol. The molecule has 3 heteroatoms. The van der Waals surface area contributed by atoms with Crippen molar-refractivity contribution in [2.24, 2.45) is 5.73 Å². The molecule has 2 N–H and O–H groups in total. The number of nitrogens with two attached hydrogens (primary N) is 1. The number of halogens is 1. The lowest BCUT2D eigenvalue weighted by molar-refractivity contribution is 0.398. The van der Waals surface area contributed by atoms with E-state index in [1.807, 2.05) is 12.4 Å². The zero-order chi connectivity index (χ0) is 14.0. The molecule has 0 radical (unpaired) electrons. The first kappa shape index (κ1) is 13.8. The van der Waals surface area contributed by atoms with Gasteiger partial charge in [0.15, 0.2) is 0 Å². The number of hydrogen-bond acceptors (Lipinski definition) is 2. The molecule has 2 aromatic rings. The van der Waals surface area contributed by atoms with E-state index in [0.717, 1.165) is 23.7 Å². The summed E-state index contributed by atoms with van der Waals surface area (Å²) < 4.78 is 1.01. The largest absolute Gasteiger partial charge is 0.321 e. The quantitative estimate of drug-likeness (QED) is 0.846. The van der Waals surface area contributed by atoms with Crippen LogP contribution in [0.15, 0.2) is 47.2 Å². The van der Waals surface area contributed by atoms with Crippen molar-refractivity contribution in [1.29, 1.82) is 0 Å². The van der Waals surface area contributed by atoms with Gasteiger partial charge in [-0.05, 0) is 64.4 Å². The Hall–Kier alpha value is -1.19. The number of pyridine rings is 1. The van der Waals surface area contributed by atoms with Crippen molar-refractivity contribution in [2.45, 2.75) is 37.6 Å². The van der Waals surface area contributed by atoms with Crippen molar-refractivity contribution >= 4 is 15.9 Å². The molecule has 1 heterocycles. The van der Waals surface area contributed by atoms with Gasteiger partial charge < -0.3 is 5.73 Å². The van der Waals surface area contributed by atoms with E-state index in [2.05, 4.69) is 51.2 Å². The number of rotatable bonds is 2. The fourth-order valence-electron chi connectivity index (χ4n) is 3.21. The Morgan fingerprint density at radius 3 is 2.90 bits per heavy atom. The normalized spacial score (nSPS) is 22.1. The second-order valence-electron chi connectivity index (χ2n) is 5.71. The van der Waals surface area contributed by atoms with Gasteiger partial charge in [-0.1, -0.05) is 30.7 Å². The summed E-state index contributed by atoms with van der Waals surface area (Å²) in [5.41, 5.74) is 10.5. The van der Waals surface area contributed by atoms with E-state index in [4.69, 9.17) is 5.73 Å². The molecule has 0 fully saturated rings. The van der Waals surface area contributed by atoms with Crippen LogP contribution in [0.2, 0.25) is 0 Å². The molecule has 1 aliphatic rings. The van der Waals surface area contributed by atoms with Crippen LogP contribution in [0.3, 0.4) is 0 Å². The van der Waals surface area contributed by atoms with Crippen LogP contribution < -0.4 is 5.73 Å². The topological polar surface area (TPSA) is 38.9 Å². The summed E-state index contributed by atoms with van der Waals surface area (Å²) in [6.45, 7) is 0. The maximum atomic E-state index is 6.81. The summed E-state index contributed by atoms with van der Waals surface area (Å²) >= 11 is 3.49. The van der Waals surface area contributed by atoms with Gasteiger partial charge >= 0.3 is 0 Å². The minimum Gasteiger partial charge on any atom is -0.321 e. The van der Waals surface area contributed by atoms with Crippen LogP contribution >= 0.6 is 15.9 Å². The molecule has 1 unspecified atom stereocenters. The third kappa shape index (κ3) is 2.79. The Balaban J connectivity index is 1.98. The molecule has 0 bridgehead atoms. The summed E-state index contributed by atoms with van der Waals surface area (Å²) in [4.78, 5) is 4.26. The summed E-state index contributed by atoms with van der Waals surface area (Å²) in [5, 5.41) is 0. The number of hydrogen-bond donors (Lipinski definition) is 1. The molecule has 20 heavy (non-hydrogen) atoms. The Kier molecular flexibility index (Phi) is 3.90. The molecule has 0 amide bonds. The Morgan fingerprint density at radius 1 is 1.20 bits per heavy atom. The molecule has 0 spiro atoms. The Labute approximate surface area is 128 Å². The molecular formula is C17H19BrN2. The second-order valence-corrected chi connectivity index (χ2v) is 6.62. The zero-order valence-electron chi connectivity index (χ0n) is 11.5. The predicted octanol–water partition coefficient (Wildman–Crippen LogP) is 3.97. The van der Waals surface area contributed by atoms with Crippen LogP contribution in [0.1, 0.15) is 36.0 Å². The molecule has 104 valence electrons. The van der Waals surface area contributed by atoms with Crippen LogP contribution in [0.25, 0.3) is 0 Å². The van der Waals surface area contributed by atoms with Gasteiger partial charge in [-0.3, -0.25) is 4.98 Å². The minimum atomic E-state index is -0.268. The standard InChI is InChI=1S/C17H19BrN2/c18-15-9-13(11-20-12-15)10-17(19)8-4-3-6-14-5-1-2-7-16(14)17/h1-2,5,7,9,11-12H,3-4,6,8,10,19H2. The minimum absolute atomic E-state index is 0.268. The van der Waals surface area contributed by atoms with Gasteiger partial charge in [0, 0.05) is 22.4 Å². The highest BCUT2D eigenvalue weighted by atomic mass is 79.9. The lowest BCUT2D eigenvalue weighted by atomic mass is 9.81. The summed E-state index contributed by atoms with van der Waals surface area (Å²) in [5.74, 6) is 0. The predicted molar refractivity (Wildman–Crippen MR) is 85.5 cm³/mol. The molecule has 1 aliphatic carbocycles. The SMILES string of the molecule is NC1(Cc2cncc(Br)c2)CCCCc2ccccc21. The molecule has 1 aromatic carbocycles. The molecular weight excluding hydrogens is 312 g/mol. The first-order valence-electron chi connectivity index (χ1n) is 7.14.